The number of rotatable bonds is 4. The highest BCUT2D eigenvalue weighted by atomic mass is 79.9. The van der Waals surface area contributed by atoms with Gasteiger partial charge in [-0.2, -0.15) is 0 Å². The highest BCUT2D eigenvalue weighted by Gasteiger charge is 2.17. The third-order valence-electron chi connectivity index (χ3n) is 2.78. The number of carboxylic acid groups (broad SMARTS) is 1. The van der Waals surface area contributed by atoms with E-state index in [1.807, 2.05) is 0 Å². The van der Waals surface area contributed by atoms with Crippen molar-refractivity contribution >= 4 is 27.6 Å². The number of carbonyl (C=O) groups is 1. The minimum absolute atomic E-state index is 0.104. The molecule has 0 atom stereocenters. The van der Waals surface area contributed by atoms with Gasteiger partial charge in [-0.1, -0.05) is 6.07 Å². The monoisotopic (exact) mass is 351 g/mol. The summed E-state index contributed by atoms with van der Waals surface area (Å²) in [7, 11) is 0. The number of hydrogen-bond acceptors (Lipinski definition) is 4. The predicted octanol–water partition coefficient (Wildman–Crippen LogP) is 4.16. The Morgan fingerprint density at radius 3 is 2.57 bits per heavy atom. The van der Waals surface area contributed by atoms with Crippen LogP contribution in [0.3, 0.4) is 0 Å². The van der Waals surface area contributed by atoms with Gasteiger partial charge in [0.25, 0.3) is 5.69 Å². The van der Waals surface area contributed by atoms with Crippen LogP contribution in [0.5, 0.6) is 11.5 Å². The van der Waals surface area contributed by atoms with E-state index >= 15 is 0 Å². The molecular formula is C14H10BrNO5. The van der Waals surface area contributed by atoms with E-state index in [1.54, 1.807) is 13.0 Å². The fraction of sp³-hybridized carbons (Fsp3) is 0.0714. The van der Waals surface area contributed by atoms with Gasteiger partial charge in [0, 0.05) is 6.07 Å². The maximum atomic E-state index is 10.9. The van der Waals surface area contributed by atoms with Crippen molar-refractivity contribution in [3.8, 4) is 11.5 Å². The van der Waals surface area contributed by atoms with Crippen molar-refractivity contribution < 1.29 is 19.6 Å². The van der Waals surface area contributed by atoms with E-state index in [2.05, 4.69) is 15.9 Å². The third kappa shape index (κ3) is 3.19. The van der Waals surface area contributed by atoms with Gasteiger partial charge in [0.2, 0.25) is 0 Å². The number of nitro benzene ring substituents is 1. The minimum atomic E-state index is -1.03. The summed E-state index contributed by atoms with van der Waals surface area (Å²) in [5.74, 6) is -0.308. The number of aryl methyl sites for hydroxylation is 1. The molecule has 0 saturated carbocycles. The summed E-state index contributed by atoms with van der Waals surface area (Å²) in [4.78, 5) is 21.2. The fourth-order valence-electron chi connectivity index (χ4n) is 1.73. The number of hydrogen-bond donors (Lipinski definition) is 1. The summed E-state index contributed by atoms with van der Waals surface area (Å²) in [6.07, 6.45) is 0. The van der Waals surface area contributed by atoms with Gasteiger partial charge in [-0.15, -0.1) is 0 Å². The SMILES string of the molecule is Cc1cc(C(=O)O)ccc1Oc1cccc([N+](=O)[O-])c1Br. The predicted molar refractivity (Wildman–Crippen MR) is 79.0 cm³/mol. The molecular weight excluding hydrogens is 342 g/mol. The highest BCUT2D eigenvalue weighted by molar-refractivity contribution is 9.10. The van der Waals surface area contributed by atoms with Gasteiger partial charge in [0.1, 0.15) is 16.0 Å². The molecule has 0 aliphatic heterocycles. The van der Waals surface area contributed by atoms with Crippen molar-refractivity contribution in [3.05, 3.63) is 62.1 Å². The van der Waals surface area contributed by atoms with Gasteiger partial charge in [-0.25, -0.2) is 4.79 Å². The minimum Gasteiger partial charge on any atom is -0.478 e. The van der Waals surface area contributed by atoms with Gasteiger partial charge in [-0.3, -0.25) is 10.1 Å². The van der Waals surface area contributed by atoms with E-state index in [1.165, 1.54) is 30.3 Å². The zero-order chi connectivity index (χ0) is 15.6. The van der Waals surface area contributed by atoms with Crippen LogP contribution < -0.4 is 4.74 Å². The smallest absolute Gasteiger partial charge is 0.335 e. The summed E-state index contributed by atoms with van der Waals surface area (Å²) < 4.78 is 5.85. The lowest BCUT2D eigenvalue weighted by Gasteiger charge is -2.10. The largest absolute Gasteiger partial charge is 0.478 e. The number of carboxylic acids is 1. The maximum Gasteiger partial charge on any atom is 0.335 e. The van der Waals surface area contributed by atoms with Gasteiger partial charge in [0.15, 0.2) is 0 Å². The number of halogens is 1. The highest BCUT2D eigenvalue weighted by Crippen LogP contribution is 2.37. The Morgan fingerprint density at radius 1 is 1.29 bits per heavy atom. The first kappa shape index (κ1) is 15.0. The second kappa shape index (κ2) is 5.92. The Bertz CT molecular complexity index is 729. The Hall–Kier alpha value is -2.41. The van der Waals surface area contributed by atoms with Crippen LogP contribution in [0.25, 0.3) is 0 Å². The lowest BCUT2D eigenvalue weighted by molar-refractivity contribution is -0.385. The average molecular weight is 352 g/mol. The van der Waals surface area contributed by atoms with Crippen molar-refractivity contribution in [3.63, 3.8) is 0 Å². The van der Waals surface area contributed by atoms with Gasteiger partial charge < -0.3 is 9.84 Å². The number of nitro groups is 1. The van der Waals surface area contributed by atoms with Gasteiger partial charge >= 0.3 is 5.97 Å². The van der Waals surface area contributed by atoms with Crippen LogP contribution in [0, 0.1) is 17.0 Å². The molecule has 0 bridgehead atoms. The molecule has 21 heavy (non-hydrogen) atoms. The van der Waals surface area contributed by atoms with Crippen LogP contribution in [0.15, 0.2) is 40.9 Å². The van der Waals surface area contributed by atoms with E-state index in [4.69, 9.17) is 9.84 Å². The Kier molecular flexibility index (Phi) is 4.23. The molecule has 0 spiro atoms. The molecule has 0 unspecified atom stereocenters. The fourth-order valence-corrected chi connectivity index (χ4v) is 2.22. The summed E-state index contributed by atoms with van der Waals surface area (Å²) in [5, 5.41) is 19.8. The molecule has 0 aliphatic carbocycles. The van der Waals surface area contributed by atoms with Gasteiger partial charge in [0.05, 0.1) is 10.5 Å². The Labute approximate surface area is 128 Å². The standard InChI is InChI=1S/C14H10BrNO5/c1-8-7-9(14(17)18)5-6-11(8)21-12-4-2-3-10(13(12)15)16(19)20/h2-7H,1H3,(H,17,18). The molecule has 108 valence electrons. The second-order valence-electron chi connectivity index (χ2n) is 4.23. The summed E-state index contributed by atoms with van der Waals surface area (Å²) in [6, 6.07) is 8.86. The molecule has 0 radical (unpaired) electrons. The first-order valence-corrected chi connectivity index (χ1v) is 6.64. The van der Waals surface area contributed by atoms with Crippen molar-refractivity contribution in [1.29, 1.82) is 0 Å². The van der Waals surface area contributed by atoms with E-state index < -0.39 is 10.9 Å². The lowest BCUT2D eigenvalue weighted by atomic mass is 10.1. The summed E-state index contributed by atoms with van der Waals surface area (Å²) >= 11 is 3.14. The van der Waals surface area contributed by atoms with Gasteiger partial charge in [-0.05, 0) is 52.7 Å². The number of ether oxygens (including phenoxy) is 1. The normalized spacial score (nSPS) is 10.2. The Balaban J connectivity index is 2.37. The van der Waals surface area contributed by atoms with Crippen LogP contribution in [0.4, 0.5) is 5.69 Å². The van der Waals surface area contributed by atoms with Crippen LogP contribution in [-0.2, 0) is 0 Å². The number of aromatic carboxylic acids is 1. The van der Waals surface area contributed by atoms with Crippen molar-refractivity contribution in [2.75, 3.05) is 0 Å². The molecule has 0 aliphatic rings. The first-order valence-electron chi connectivity index (χ1n) is 5.85. The van der Waals surface area contributed by atoms with E-state index in [-0.39, 0.29) is 21.5 Å². The van der Waals surface area contributed by atoms with E-state index in [0.29, 0.717) is 11.3 Å². The topological polar surface area (TPSA) is 89.7 Å². The molecule has 7 heteroatoms. The molecule has 2 rings (SSSR count). The van der Waals surface area contributed by atoms with Crippen LogP contribution in [0.2, 0.25) is 0 Å². The number of nitrogens with zero attached hydrogens (tertiary/aromatic N) is 1. The molecule has 6 nitrogen and oxygen atoms in total. The Morgan fingerprint density at radius 2 is 2.00 bits per heavy atom. The molecule has 0 fully saturated rings. The average Bonchev–Trinajstić information content (AvgIpc) is 2.42. The first-order chi connectivity index (χ1) is 9.90. The van der Waals surface area contributed by atoms with Crippen molar-refractivity contribution in [2.24, 2.45) is 0 Å². The second-order valence-corrected chi connectivity index (χ2v) is 5.03. The lowest BCUT2D eigenvalue weighted by Crippen LogP contribution is -1.98. The van der Waals surface area contributed by atoms with Crippen molar-refractivity contribution in [2.45, 2.75) is 6.92 Å². The third-order valence-corrected chi connectivity index (χ3v) is 3.58. The van der Waals surface area contributed by atoms with Crippen LogP contribution in [0.1, 0.15) is 15.9 Å². The maximum absolute atomic E-state index is 10.9. The molecule has 0 heterocycles. The number of benzene rings is 2. The molecule has 0 amide bonds. The van der Waals surface area contributed by atoms with E-state index in [0.717, 1.165) is 0 Å². The van der Waals surface area contributed by atoms with Crippen LogP contribution in [-0.4, -0.2) is 16.0 Å². The quantitative estimate of drug-likeness (QED) is 0.659. The molecule has 2 aromatic carbocycles. The zero-order valence-electron chi connectivity index (χ0n) is 10.9. The summed E-state index contributed by atoms with van der Waals surface area (Å²) in [5.41, 5.74) is 0.665. The molecule has 0 aromatic heterocycles. The van der Waals surface area contributed by atoms with Crippen LogP contribution >= 0.6 is 15.9 Å². The van der Waals surface area contributed by atoms with E-state index in [9.17, 15) is 14.9 Å². The van der Waals surface area contributed by atoms with Crippen molar-refractivity contribution in [1.82, 2.24) is 0 Å². The molecule has 1 N–H and O–H groups in total. The summed E-state index contributed by atoms with van der Waals surface area (Å²) in [6.45, 7) is 1.70. The molecule has 0 saturated heterocycles. The molecule has 2 aromatic rings. The zero-order valence-corrected chi connectivity index (χ0v) is 12.5.